The number of ether oxygens (including phenoxy) is 1. The van der Waals surface area contributed by atoms with Crippen molar-refractivity contribution in [1.29, 1.82) is 0 Å². The summed E-state index contributed by atoms with van der Waals surface area (Å²) in [6.45, 7) is 5.74. The molecule has 3 heterocycles. The Bertz CT molecular complexity index is 709. The summed E-state index contributed by atoms with van der Waals surface area (Å²) < 4.78 is 36.0. The van der Waals surface area contributed by atoms with Crippen molar-refractivity contribution in [3.63, 3.8) is 0 Å². The number of aryl methyl sites for hydroxylation is 2. The molecule has 1 aromatic rings. The average Bonchev–Trinajstić information content (AvgIpc) is 3.08. The van der Waals surface area contributed by atoms with E-state index in [0.717, 1.165) is 6.26 Å². The summed E-state index contributed by atoms with van der Waals surface area (Å²) in [5.41, 5.74) is 0.707. The van der Waals surface area contributed by atoms with Gasteiger partial charge in [0.25, 0.3) is 5.91 Å². The number of rotatable bonds is 4. The Morgan fingerprint density at radius 1 is 1.48 bits per heavy atom. The predicted molar refractivity (Wildman–Crippen MR) is 81.5 cm³/mol. The maximum absolute atomic E-state index is 12.8. The summed E-state index contributed by atoms with van der Waals surface area (Å²) in [7, 11) is -3.28. The molecular weight excluding hydrogens is 322 g/mol. The maximum atomic E-state index is 12.8. The van der Waals surface area contributed by atoms with E-state index in [1.807, 2.05) is 0 Å². The van der Waals surface area contributed by atoms with Crippen molar-refractivity contribution in [3.8, 4) is 0 Å². The van der Waals surface area contributed by atoms with Crippen molar-refractivity contribution < 1.29 is 22.5 Å². The van der Waals surface area contributed by atoms with Crippen LogP contribution in [0, 0.1) is 25.2 Å². The lowest BCUT2D eigenvalue weighted by Crippen LogP contribution is -2.43. The summed E-state index contributed by atoms with van der Waals surface area (Å²) >= 11 is 0. The summed E-state index contributed by atoms with van der Waals surface area (Å²) in [5, 5.41) is 3.83. The first-order valence-corrected chi connectivity index (χ1v) is 9.35. The number of nitrogens with one attached hydrogen (secondary N) is 1. The number of hydrogen-bond donors (Lipinski definition) is 1. The first-order valence-electron chi connectivity index (χ1n) is 7.46. The smallest absolute Gasteiger partial charge is 0.259 e. The number of fused-ring (bicyclic) bond motifs is 1. The quantitative estimate of drug-likeness (QED) is 0.821. The number of sulfonamides is 1. The molecule has 1 aromatic heterocycles. The van der Waals surface area contributed by atoms with Gasteiger partial charge in [-0.2, -0.15) is 0 Å². The fourth-order valence-corrected chi connectivity index (χ4v) is 4.01. The van der Waals surface area contributed by atoms with Gasteiger partial charge in [-0.3, -0.25) is 4.79 Å². The highest BCUT2D eigenvalue weighted by Gasteiger charge is 2.52. The molecule has 0 aromatic carbocycles. The summed E-state index contributed by atoms with van der Waals surface area (Å²) in [5.74, 6) is 0.514. The molecule has 9 heteroatoms. The highest BCUT2D eigenvalue weighted by Crippen LogP contribution is 2.41. The van der Waals surface area contributed by atoms with E-state index < -0.39 is 10.0 Å². The van der Waals surface area contributed by atoms with Crippen molar-refractivity contribution in [2.75, 3.05) is 39.1 Å². The van der Waals surface area contributed by atoms with E-state index in [4.69, 9.17) is 9.26 Å². The topological polar surface area (TPSA) is 102 Å². The Balaban J connectivity index is 1.79. The third-order valence-electron chi connectivity index (χ3n) is 4.74. The zero-order valence-electron chi connectivity index (χ0n) is 13.5. The Morgan fingerprint density at radius 2 is 2.22 bits per heavy atom. The van der Waals surface area contributed by atoms with Gasteiger partial charge < -0.3 is 14.2 Å². The van der Waals surface area contributed by atoms with Crippen molar-refractivity contribution >= 4 is 15.9 Å². The van der Waals surface area contributed by atoms with E-state index in [0.29, 0.717) is 43.3 Å². The summed E-state index contributed by atoms with van der Waals surface area (Å²) in [4.78, 5) is 14.5. The molecule has 23 heavy (non-hydrogen) atoms. The fraction of sp³-hybridized carbons (Fsp3) is 0.714. The molecule has 8 nitrogen and oxygen atoms in total. The molecule has 0 unspecified atom stereocenters. The van der Waals surface area contributed by atoms with E-state index in [1.165, 1.54) is 0 Å². The number of carbonyl (C=O) groups is 1. The van der Waals surface area contributed by atoms with Gasteiger partial charge in [0.2, 0.25) is 10.0 Å². The van der Waals surface area contributed by atoms with Crippen LogP contribution in [0.25, 0.3) is 0 Å². The van der Waals surface area contributed by atoms with E-state index in [1.54, 1.807) is 18.7 Å². The summed E-state index contributed by atoms with van der Waals surface area (Å²) in [6, 6.07) is 0. The van der Waals surface area contributed by atoms with Gasteiger partial charge in [-0.05, 0) is 13.8 Å². The van der Waals surface area contributed by atoms with Gasteiger partial charge in [0.05, 0.1) is 25.2 Å². The Hall–Kier alpha value is -1.45. The van der Waals surface area contributed by atoms with Crippen LogP contribution in [0.3, 0.4) is 0 Å². The third-order valence-corrected chi connectivity index (χ3v) is 5.41. The van der Waals surface area contributed by atoms with E-state index in [-0.39, 0.29) is 23.8 Å². The molecule has 2 aliphatic rings. The number of hydrogen-bond acceptors (Lipinski definition) is 6. The predicted octanol–water partition coefficient (Wildman–Crippen LogP) is -0.0708. The van der Waals surface area contributed by atoms with E-state index >= 15 is 0 Å². The van der Waals surface area contributed by atoms with Crippen LogP contribution >= 0.6 is 0 Å². The van der Waals surface area contributed by atoms with Crippen LogP contribution in [-0.4, -0.2) is 63.5 Å². The van der Waals surface area contributed by atoms with Crippen molar-refractivity contribution in [3.05, 3.63) is 17.0 Å². The zero-order valence-corrected chi connectivity index (χ0v) is 14.3. The first kappa shape index (κ1) is 16.4. The Morgan fingerprint density at radius 3 is 2.83 bits per heavy atom. The van der Waals surface area contributed by atoms with Crippen LogP contribution in [0.4, 0.5) is 0 Å². The first-order chi connectivity index (χ1) is 10.7. The second-order valence-corrected chi connectivity index (χ2v) is 8.39. The molecule has 0 spiro atoms. The largest absolute Gasteiger partial charge is 0.380 e. The molecule has 2 atom stereocenters. The van der Waals surface area contributed by atoms with Crippen LogP contribution in [0.1, 0.15) is 21.8 Å². The lowest BCUT2D eigenvalue weighted by atomic mass is 9.81. The number of amides is 1. The molecule has 0 bridgehead atoms. The van der Waals surface area contributed by atoms with Crippen molar-refractivity contribution in [2.45, 2.75) is 13.8 Å². The van der Waals surface area contributed by atoms with Gasteiger partial charge >= 0.3 is 0 Å². The average molecular weight is 343 g/mol. The lowest BCUT2D eigenvalue weighted by molar-refractivity contribution is 0.0719. The van der Waals surface area contributed by atoms with E-state index in [2.05, 4.69) is 9.88 Å². The van der Waals surface area contributed by atoms with Gasteiger partial charge in [0, 0.05) is 31.0 Å². The molecule has 128 valence electrons. The highest BCUT2D eigenvalue weighted by atomic mass is 32.2. The standard InChI is InChI=1S/C14H21N3O5S/c1-9-12(10(2)22-16-9)13(18)17-4-11-5-21-8-14(11,7-17)6-15-23(3,19)20/h11,15H,4-8H2,1-3H3/t11-,14+/m1/s1. The highest BCUT2D eigenvalue weighted by molar-refractivity contribution is 7.88. The minimum atomic E-state index is -3.28. The van der Waals surface area contributed by atoms with Crippen LogP contribution in [0.15, 0.2) is 4.52 Å². The minimum Gasteiger partial charge on any atom is -0.380 e. The van der Waals surface area contributed by atoms with Gasteiger partial charge in [-0.15, -0.1) is 0 Å². The molecule has 0 saturated carbocycles. The lowest BCUT2D eigenvalue weighted by Gasteiger charge is -2.27. The second-order valence-electron chi connectivity index (χ2n) is 6.55. The number of nitrogens with zero attached hydrogens (tertiary/aromatic N) is 2. The van der Waals surface area contributed by atoms with Gasteiger partial charge in [-0.1, -0.05) is 5.16 Å². The van der Waals surface area contributed by atoms with Gasteiger partial charge in [-0.25, -0.2) is 13.1 Å². The number of carbonyl (C=O) groups excluding carboxylic acids is 1. The minimum absolute atomic E-state index is 0.116. The molecule has 3 rings (SSSR count). The molecule has 2 fully saturated rings. The molecule has 0 aliphatic carbocycles. The monoisotopic (exact) mass is 343 g/mol. The molecule has 1 amide bonds. The SMILES string of the molecule is Cc1noc(C)c1C(=O)N1C[C@@H]2COC[C@]2(CNS(C)(=O)=O)C1. The van der Waals surface area contributed by atoms with Gasteiger partial charge in [0.15, 0.2) is 0 Å². The van der Waals surface area contributed by atoms with Crippen LogP contribution in [-0.2, 0) is 14.8 Å². The maximum Gasteiger partial charge on any atom is 0.259 e. The van der Waals surface area contributed by atoms with Crippen molar-refractivity contribution in [2.24, 2.45) is 11.3 Å². The normalized spacial score (nSPS) is 27.4. The van der Waals surface area contributed by atoms with Crippen LogP contribution in [0.2, 0.25) is 0 Å². The van der Waals surface area contributed by atoms with Crippen LogP contribution < -0.4 is 4.72 Å². The van der Waals surface area contributed by atoms with E-state index in [9.17, 15) is 13.2 Å². The zero-order chi connectivity index (χ0) is 16.8. The molecule has 2 aliphatic heterocycles. The number of likely N-dealkylation sites (tertiary alicyclic amines) is 1. The molecular formula is C14H21N3O5S. The molecule has 0 radical (unpaired) electrons. The third kappa shape index (κ3) is 3.00. The summed E-state index contributed by atoms with van der Waals surface area (Å²) in [6.07, 6.45) is 1.14. The van der Waals surface area contributed by atoms with Crippen molar-refractivity contribution in [1.82, 2.24) is 14.8 Å². The number of aromatic nitrogens is 1. The molecule has 1 N–H and O–H groups in total. The van der Waals surface area contributed by atoms with Gasteiger partial charge in [0.1, 0.15) is 11.3 Å². The van der Waals surface area contributed by atoms with Crippen LogP contribution in [0.5, 0.6) is 0 Å². The fourth-order valence-electron chi connectivity index (χ4n) is 3.46. The Kier molecular flexibility index (Phi) is 3.97. The second kappa shape index (κ2) is 5.57. The Labute approximate surface area is 135 Å². The molecule has 2 saturated heterocycles.